The average molecular weight is 331 g/mol. The first-order valence-electron chi connectivity index (χ1n) is 4.10. The van der Waals surface area contributed by atoms with Gasteiger partial charge in [0.25, 0.3) is 11.8 Å². The van der Waals surface area contributed by atoms with E-state index < -0.39 is 0 Å². The summed E-state index contributed by atoms with van der Waals surface area (Å²) in [6.45, 7) is 0. The summed E-state index contributed by atoms with van der Waals surface area (Å²) in [5.74, 6) is -0.729. The molecule has 0 radical (unpaired) electrons. The minimum atomic E-state index is -0.371. The van der Waals surface area contributed by atoms with Crippen LogP contribution >= 0.6 is 31.9 Å². The van der Waals surface area contributed by atoms with Crippen LogP contribution in [0.1, 0.15) is 5.56 Å². The first-order valence-corrected chi connectivity index (χ1v) is 5.69. The van der Waals surface area contributed by atoms with Crippen molar-refractivity contribution in [1.29, 1.82) is 0 Å². The molecule has 1 aliphatic rings. The number of halogens is 2. The lowest BCUT2D eigenvalue weighted by Crippen LogP contribution is -2.21. The summed E-state index contributed by atoms with van der Waals surface area (Å²) in [5.41, 5.74) is 1.10. The molecule has 0 spiro atoms. The smallest absolute Gasteiger partial charge is 0.258 e. The fourth-order valence-electron chi connectivity index (χ4n) is 1.32. The maximum absolute atomic E-state index is 11.4. The van der Waals surface area contributed by atoms with E-state index in [1.165, 1.54) is 6.08 Å². The Morgan fingerprint density at radius 3 is 2.40 bits per heavy atom. The summed E-state index contributed by atoms with van der Waals surface area (Å²) < 4.78 is 1.68. The van der Waals surface area contributed by atoms with E-state index in [1.54, 1.807) is 6.07 Å². The molecular formula is C10H5Br2NO2. The van der Waals surface area contributed by atoms with Crippen LogP contribution in [-0.4, -0.2) is 11.8 Å². The van der Waals surface area contributed by atoms with Crippen molar-refractivity contribution in [2.45, 2.75) is 0 Å². The second-order valence-electron chi connectivity index (χ2n) is 3.00. The highest BCUT2D eigenvalue weighted by Gasteiger charge is 2.23. The highest BCUT2D eigenvalue weighted by Crippen LogP contribution is 2.28. The molecule has 1 aliphatic heterocycles. The van der Waals surface area contributed by atoms with Crippen molar-refractivity contribution in [3.8, 4) is 0 Å². The van der Waals surface area contributed by atoms with Crippen LogP contribution in [0.5, 0.6) is 0 Å². The quantitative estimate of drug-likeness (QED) is 0.803. The number of hydrogen-bond acceptors (Lipinski definition) is 2. The third-order valence-corrected chi connectivity index (χ3v) is 3.13. The van der Waals surface area contributed by atoms with Crippen LogP contribution in [0.15, 0.2) is 33.2 Å². The summed E-state index contributed by atoms with van der Waals surface area (Å²) in [5, 5.41) is 2.20. The lowest BCUT2D eigenvalue weighted by molar-refractivity contribution is -0.123. The van der Waals surface area contributed by atoms with Gasteiger partial charge in [-0.15, -0.1) is 0 Å². The minimum Gasteiger partial charge on any atom is -0.289 e. The minimum absolute atomic E-state index is 0.358. The Morgan fingerprint density at radius 1 is 1.13 bits per heavy atom. The molecule has 0 atom stereocenters. The van der Waals surface area contributed by atoms with E-state index in [9.17, 15) is 9.59 Å². The Balaban J connectivity index is 2.51. The number of imide groups is 1. The molecule has 1 aromatic carbocycles. The molecule has 1 aromatic rings. The Hall–Kier alpha value is -0.940. The zero-order chi connectivity index (χ0) is 11.0. The summed E-state index contributed by atoms with van der Waals surface area (Å²) in [6, 6.07) is 5.42. The van der Waals surface area contributed by atoms with Gasteiger partial charge < -0.3 is 0 Å². The second kappa shape index (κ2) is 3.90. The third kappa shape index (κ3) is 2.03. The highest BCUT2D eigenvalue weighted by molar-refractivity contribution is 9.11. The van der Waals surface area contributed by atoms with Gasteiger partial charge in [0.15, 0.2) is 0 Å². The molecule has 0 fully saturated rings. The van der Waals surface area contributed by atoms with Gasteiger partial charge in [0, 0.05) is 20.6 Å². The number of carbonyl (C=O) groups excluding carboxylic acids is 2. The van der Waals surface area contributed by atoms with Crippen LogP contribution in [0.3, 0.4) is 0 Å². The van der Waals surface area contributed by atoms with Crippen molar-refractivity contribution in [3.05, 3.63) is 38.8 Å². The average Bonchev–Trinajstić information content (AvgIpc) is 2.45. The van der Waals surface area contributed by atoms with Crippen LogP contribution in [0.25, 0.3) is 5.57 Å². The van der Waals surface area contributed by atoms with E-state index in [0.717, 1.165) is 8.95 Å². The summed E-state index contributed by atoms with van der Waals surface area (Å²) in [6.07, 6.45) is 1.30. The Kier molecular flexibility index (Phi) is 2.75. The topological polar surface area (TPSA) is 46.2 Å². The number of amides is 2. The number of nitrogens with one attached hydrogen (secondary N) is 1. The van der Waals surface area contributed by atoms with Crippen LogP contribution in [0.4, 0.5) is 0 Å². The number of rotatable bonds is 1. The van der Waals surface area contributed by atoms with Crippen molar-refractivity contribution in [3.63, 3.8) is 0 Å². The molecule has 0 saturated heterocycles. The van der Waals surface area contributed by atoms with Crippen LogP contribution in [0.2, 0.25) is 0 Å². The molecule has 1 heterocycles. The second-order valence-corrected chi connectivity index (χ2v) is 4.77. The third-order valence-electron chi connectivity index (χ3n) is 1.98. The van der Waals surface area contributed by atoms with Crippen LogP contribution in [-0.2, 0) is 9.59 Å². The number of benzene rings is 1. The van der Waals surface area contributed by atoms with E-state index >= 15 is 0 Å². The van der Waals surface area contributed by atoms with E-state index in [-0.39, 0.29) is 11.8 Å². The van der Waals surface area contributed by atoms with E-state index in [2.05, 4.69) is 37.2 Å². The largest absolute Gasteiger partial charge is 0.289 e. The molecule has 0 bridgehead atoms. The van der Waals surface area contributed by atoms with Crippen molar-refractivity contribution < 1.29 is 9.59 Å². The fraction of sp³-hybridized carbons (Fsp3) is 0. The summed E-state index contributed by atoms with van der Waals surface area (Å²) >= 11 is 6.66. The van der Waals surface area contributed by atoms with Gasteiger partial charge in [-0.25, -0.2) is 0 Å². The zero-order valence-electron chi connectivity index (χ0n) is 7.38. The van der Waals surface area contributed by atoms with Crippen molar-refractivity contribution in [2.24, 2.45) is 0 Å². The van der Waals surface area contributed by atoms with Gasteiger partial charge in [0.05, 0.1) is 5.57 Å². The maximum atomic E-state index is 11.4. The first kappa shape index (κ1) is 10.6. The molecule has 0 unspecified atom stereocenters. The SMILES string of the molecule is O=C1C=C(c2ccc(Br)cc2Br)C(=O)N1. The molecule has 3 nitrogen and oxygen atoms in total. The molecular weight excluding hydrogens is 326 g/mol. The lowest BCUT2D eigenvalue weighted by atomic mass is 10.1. The lowest BCUT2D eigenvalue weighted by Gasteiger charge is -2.03. The van der Waals surface area contributed by atoms with Gasteiger partial charge >= 0.3 is 0 Å². The molecule has 2 amide bonds. The van der Waals surface area contributed by atoms with Gasteiger partial charge in [-0.1, -0.05) is 37.9 Å². The predicted molar refractivity (Wildman–Crippen MR) is 63.0 cm³/mol. The molecule has 0 aliphatic carbocycles. The molecule has 0 aromatic heterocycles. The van der Waals surface area contributed by atoms with Crippen molar-refractivity contribution in [2.75, 3.05) is 0 Å². The fourth-order valence-corrected chi connectivity index (χ4v) is 2.58. The van der Waals surface area contributed by atoms with Gasteiger partial charge in [0.1, 0.15) is 0 Å². The Labute approximate surface area is 103 Å². The molecule has 15 heavy (non-hydrogen) atoms. The van der Waals surface area contributed by atoms with Crippen LogP contribution < -0.4 is 5.32 Å². The van der Waals surface area contributed by atoms with Crippen LogP contribution in [0, 0.1) is 0 Å². The first-order chi connectivity index (χ1) is 7.08. The standard InChI is InChI=1S/C10H5Br2NO2/c11-5-1-2-6(8(12)3-5)7-4-9(14)13-10(7)15/h1-4H,(H,13,14,15). The van der Waals surface area contributed by atoms with Gasteiger partial charge in [-0.3, -0.25) is 14.9 Å². The molecule has 0 saturated carbocycles. The van der Waals surface area contributed by atoms with Gasteiger partial charge in [-0.2, -0.15) is 0 Å². The summed E-state index contributed by atoms with van der Waals surface area (Å²) in [7, 11) is 0. The molecule has 5 heteroatoms. The Bertz CT molecular complexity index is 494. The summed E-state index contributed by atoms with van der Waals surface area (Å²) in [4.78, 5) is 22.4. The zero-order valence-corrected chi connectivity index (χ0v) is 10.6. The van der Waals surface area contributed by atoms with Gasteiger partial charge in [0.2, 0.25) is 0 Å². The molecule has 2 rings (SSSR count). The van der Waals surface area contributed by atoms with Crippen molar-refractivity contribution in [1.82, 2.24) is 5.32 Å². The van der Waals surface area contributed by atoms with Gasteiger partial charge in [-0.05, 0) is 12.1 Å². The predicted octanol–water partition coefficient (Wildman–Crippen LogP) is 2.25. The van der Waals surface area contributed by atoms with E-state index in [1.807, 2.05) is 12.1 Å². The van der Waals surface area contributed by atoms with E-state index in [4.69, 9.17) is 0 Å². The highest BCUT2D eigenvalue weighted by atomic mass is 79.9. The number of carbonyl (C=O) groups is 2. The molecule has 76 valence electrons. The van der Waals surface area contributed by atoms with Crippen molar-refractivity contribution >= 4 is 49.2 Å². The number of hydrogen-bond donors (Lipinski definition) is 1. The normalized spacial score (nSPS) is 15.2. The Morgan fingerprint density at radius 2 is 1.87 bits per heavy atom. The maximum Gasteiger partial charge on any atom is 0.258 e. The van der Waals surface area contributed by atoms with E-state index in [0.29, 0.717) is 11.1 Å². The monoisotopic (exact) mass is 329 g/mol. The molecule has 1 N–H and O–H groups in total.